The summed E-state index contributed by atoms with van der Waals surface area (Å²) in [6.45, 7) is 25.1. The quantitative estimate of drug-likeness (QED) is 0.479. The number of likely N-dealkylation sites (tertiary alicyclic amines) is 1. The minimum Gasteiger partial charge on any atom is -0.414 e. The molecule has 4 heteroatoms. The highest BCUT2D eigenvalue weighted by molar-refractivity contribution is 6.74. The van der Waals surface area contributed by atoms with Gasteiger partial charge >= 0.3 is 0 Å². The van der Waals surface area contributed by atoms with Crippen LogP contribution in [0.4, 0.5) is 4.39 Å². The van der Waals surface area contributed by atoms with Crippen molar-refractivity contribution in [1.82, 2.24) is 4.90 Å². The average molecular weight is 344 g/mol. The van der Waals surface area contributed by atoms with E-state index < -0.39 is 14.5 Å². The van der Waals surface area contributed by atoms with Crippen molar-refractivity contribution in [1.29, 1.82) is 0 Å². The van der Waals surface area contributed by atoms with Crippen LogP contribution in [-0.4, -0.2) is 43.6 Å². The third-order valence-corrected chi connectivity index (χ3v) is 10.4. The van der Waals surface area contributed by atoms with Crippen LogP contribution in [0.5, 0.6) is 0 Å². The molecule has 0 radical (unpaired) electrons. The van der Waals surface area contributed by atoms with Crippen molar-refractivity contribution < 1.29 is 8.82 Å². The summed E-state index contributed by atoms with van der Waals surface area (Å²) in [6, 6.07) is 0. The van der Waals surface area contributed by atoms with E-state index >= 15 is 0 Å². The summed E-state index contributed by atoms with van der Waals surface area (Å²) in [4.78, 5) is 2.40. The highest BCUT2D eigenvalue weighted by Gasteiger charge is 2.46. The Kier molecular flexibility index (Phi) is 5.99. The van der Waals surface area contributed by atoms with Crippen molar-refractivity contribution in [2.75, 3.05) is 13.2 Å². The maximum atomic E-state index is 14.8. The number of alkyl halides is 1. The normalized spacial score (nSPS) is 25.9. The summed E-state index contributed by atoms with van der Waals surface area (Å²) < 4.78 is 20.9. The molecular formula is C19H38FNOSi. The molecule has 0 spiro atoms. The highest BCUT2D eigenvalue weighted by Crippen LogP contribution is 2.42. The van der Waals surface area contributed by atoms with Gasteiger partial charge in [-0.15, -0.1) is 0 Å². The Morgan fingerprint density at radius 1 is 1.26 bits per heavy atom. The number of halogens is 1. The van der Waals surface area contributed by atoms with Crippen LogP contribution in [0.25, 0.3) is 0 Å². The van der Waals surface area contributed by atoms with E-state index in [0.717, 1.165) is 18.5 Å². The monoisotopic (exact) mass is 343 g/mol. The fraction of sp³-hybridized carbons (Fsp3) is 0.895. The molecule has 1 aliphatic heterocycles. The minimum absolute atomic E-state index is 0.0220. The molecule has 1 rings (SSSR count). The lowest BCUT2D eigenvalue weighted by Gasteiger charge is -2.45. The largest absolute Gasteiger partial charge is 0.414 e. The van der Waals surface area contributed by atoms with Gasteiger partial charge in [-0.05, 0) is 52.2 Å². The van der Waals surface area contributed by atoms with E-state index in [2.05, 4.69) is 73.0 Å². The van der Waals surface area contributed by atoms with Gasteiger partial charge < -0.3 is 4.43 Å². The Morgan fingerprint density at radius 2 is 1.78 bits per heavy atom. The van der Waals surface area contributed by atoms with Crippen molar-refractivity contribution in [3.63, 3.8) is 0 Å². The van der Waals surface area contributed by atoms with Gasteiger partial charge in [0.2, 0.25) is 0 Å². The van der Waals surface area contributed by atoms with Gasteiger partial charge in [-0.2, -0.15) is 0 Å². The van der Waals surface area contributed by atoms with Crippen LogP contribution in [0.2, 0.25) is 18.1 Å². The average Bonchev–Trinajstić information content (AvgIpc) is 2.61. The van der Waals surface area contributed by atoms with Gasteiger partial charge in [-0.1, -0.05) is 32.9 Å². The van der Waals surface area contributed by atoms with Gasteiger partial charge in [-0.25, -0.2) is 4.39 Å². The summed E-state index contributed by atoms with van der Waals surface area (Å²) >= 11 is 0. The van der Waals surface area contributed by atoms with Crippen molar-refractivity contribution in [2.24, 2.45) is 0 Å². The lowest BCUT2D eigenvalue weighted by molar-refractivity contribution is 0.0384. The van der Waals surface area contributed by atoms with Crippen molar-refractivity contribution in [2.45, 2.75) is 96.7 Å². The molecule has 1 aliphatic rings. The van der Waals surface area contributed by atoms with Crippen LogP contribution in [0.1, 0.15) is 61.3 Å². The van der Waals surface area contributed by atoms with Crippen LogP contribution in [0.3, 0.4) is 0 Å². The smallest absolute Gasteiger partial charge is 0.192 e. The molecule has 136 valence electrons. The molecule has 2 atom stereocenters. The summed E-state index contributed by atoms with van der Waals surface area (Å²) in [5.74, 6) is 0. The van der Waals surface area contributed by atoms with Crippen LogP contribution in [-0.2, 0) is 4.43 Å². The van der Waals surface area contributed by atoms with E-state index in [1.165, 1.54) is 0 Å². The Labute approximate surface area is 144 Å². The Bertz CT molecular complexity index is 436. The molecule has 0 aliphatic carbocycles. The molecule has 0 saturated carbocycles. The van der Waals surface area contributed by atoms with Gasteiger partial charge in [0.25, 0.3) is 0 Å². The second-order valence-corrected chi connectivity index (χ2v) is 14.6. The predicted molar refractivity (Wildman–Crippen MR) is 101 cm³/mol. The summed E-state index contributed by atoms with van der Waals surface area (Å²) in [7, 11) is -1.89. The Morgan fingerprint density at radius 3 is 2.22 bits per heavy atom. The number of hydrogen-bond donors (Lipinski definition) is 0. The molecule has 0 aromatic heterocycles. The summed E-state index contributed by atoms with van der Waals surface area (Å²) in [5.41, 5.74) is 0.908. The molecule has 0 aromatic carbocycles. The minimum atomic E-state index is -1.89. The van der Waals surface area contributed by atoms with E-state index in [-0.39, 0.29) is 22.7 Å². The third-order valence-electron chi connectivity index (χ3n) is 5.85. The van der Waals surface area contributed by atoms with Gasteiger partial charge in [0, 0.05) is 24.0 Å². The first-order valence-corrected chi connectivity index (χ1v) is 11.8. The molecule has 0 bridgehead atoms. The van der Waals surface area contributed by atoms with Crippen molar-refractivity contribution in [3.05, 3.63) is 12.2 Å². The van der Waals surface area contributed by atoms with Crippen LogP contribution in [0, 0.1) is 0 Å². The molecule has 1 saturated heterocycles. The fourth-order valence-electron chi connectivity index (χ4n) is 3.29. The zero-order chi connectivity index (χ0) is 18.3. The summed E-state index contributed by atoms with van der Waals surface area (Å²) in [6.07, 6.45) is 0.482. The molecule has 0 N–H and O–H groups in total. The first kappa shape index (κ1) is 20.9. The van der Waals surface area contributed by atoms with Gasteiger partial charge in [0.15, 0.2) is 8.32 Å². The highest BCUT2D eigenvalue weighted by atomic mass is 28.4. The second-order valence-electron chi connectivity index (χ2n) is 9.82. The van der Waals surface area contributed by atoms with Crippen LogP contribution < -0.4 is 0 Å². The van der Waals surface area contributed by atoms with E-state index in [0.29, 0.717) is 6.42 Å². The lowest BCUT2D eigenvalue weighted by Crippen LogP contribution is -2.53. The van der Waals surface area contributed by atoms with Crippen molar-refractivity contribution in [3.8, 4) is 0 Å². The van der Waals surface area contributed by atoms with Crippen LogP contribution >= 0.6 is 0 Å². The predicted octanol–water partition coefficient (Wildman–Crippen LogP) is 5.56. The number of nitrogens with zero attached hydrogens (tertiary/aromatic N) is 1. The van der Waals surface area contributed by atoms with Gasteiger partial charge in [0.1, 0.15) is 6.17 Å². The molecular weight excluding hydrogens is 305 g/mol. The second kappa shape index (κ2) is 6.60. The van der Waals surface area contributed by atoms with Crippen LogP contribution in [0.15, 0.2) is 12.2 Å². The van der Waals surface area contributed by atoms with E-state index in [9.17, 15) is 4.39 Å². The number of hydrogen-bond acceptors (Lipinski definition) is 2. The molecule has 0 amide bonds. The topological polar surface area (TPSA) is 12.5 Å². The Hall–Kier alpha value is -0.193. The van der Waals surface area contributed by atoms with E-state index in [1.807, 2.05) is 0 Å². The fourth-order valence-corrected chi connectivity index (χ4v) is 4.32. The first-order valence-electron chi connectivity index (χ1n) is 8.85. The molecule has 0 aromatic rings. The molecule has 23 heavy (non-hydrogen) atoms. The molecule has 1 heterocycles. The van der Waals surface area contributed by atoms with E-state index in [4.69, 9.17) is 4.43 Å². The molecule has 2 unspecified atom stereocenters. The maximum absolute atomic E-state index is 14.8. The number of rotatable bonds is 5. The standard InChI is InChI=1S/C19H38FNOSi/c1-15-11-12-21(17(2,3)4)19(15,8)13-16(20)14-22-23(9,10)18(5,6)7/h16H,1,11-14H2,2-10H3. The summed E-state index contributed by atoms with van der Waals surface area (Å²) in [5, 5.41) is 0.116. The zero-order valence-electron chi connectivity index (χ0n) is 16.8. The SMILES string of the molecule is C=C1CCN(C(C)(C)C)C1(C)CC(F)CO[Si](C)(C)C(C)(C)C. The zero-order valence-corrected chi connectivity index (χ0v) is 17.8. The van der Waals surface area contributed by atoms with Crippen molar-refractivity contribution >= 4 is 8.32 Å². The maximum Gasteiger partial charge on any atom is 0.192 e. The van der Waals surface area contributed by atoms with Gasteiger partial charge in [0.05, 0.1) is 6.61 Å². The lowest BCUT2D eigenvalue weighted by atomic mass is 9.85. The molecule has 1 fully saturated rings. The van der Waals surface area contributed by atoms with Gasteiger partial charge in [-0.3, -0.25) is 4.90 Å². The Balaban J connectivity index is 2.75. The first-order chi connectivity index (χ1) is 10.1. The third kappa shape index (κ3) is 4.67. The van der Waals surface area contributed by atoms with E-state index in [1.54, 1.807) is 0 Å². The molecule has 2 nitrogen and oxygen atoms in total.